The Bertz CT molecular complexity index is 564. The van der Waals surface area contributed by atoms with Gasteiger partial charge in [0.15, 0.2) is 0 Å². The standard InChI is InChI=1S/C17H20N2O/c18-13-3-1-2-10(8-13)4-7-14(20)19-17-15-11-5-6-12(9-11)16(15)17/h1-4,7-8,11-12,15-17H,5-6,9,18H2,(H,19,20)/b7-4+. The minimum absolute atomic E-state index is 0.0335. The van der Waals surface area contributed by atoms with Gasteiger partial charge in [0.05, 0.1) is 0 Å². The van der Waals surface area contributed by atoms with E-state index in [-0.39, 0.29) is 5.91 Å². The fourth-order valence-electron chi connectivity index (χ4n) is 4.57. The summed E-state index contributed by atoms with van der Waals surface area (Å²) in [7, 11) is 0. The van der Waals surface area contributed by atoms with Gasteiger partial charge in [-0.2, -0.15) is 0 Å². The molecule has 3 saturated carbocycles. The van der Waals surface area contributed by atoms with E-state index < -0.39 is 0 Å². The first-order chi connectivity index (χ1) is 9.72. The van der Waals surface area contributed by atoms with E-state index in [1.54, 1.807) is 6.08 Å². The van der Waals surface area contributed by atoms with Crippen molar-refractivity contribution >= 4 is 17.7 Å². The normalized spacial score (nSPS) is 37.1. The Balaban J connectivity index is 1.36. The molecule has 0 saturated heterocycles. The molecule has 2 bridgehead atoms. The second-order valence-corrected chi connectivity index (χ2v) is 6.53. The molecule has 3 aliphatic carbocycles. The fraction of sp³-hybridized carbons (Fsp3) is 0.471. The molecule has 1 aromatic carbocycles. The smallest absolute Gasteiger partial charge is 0.244 e. The first-order valence-corrected chi connectivity index (χ1v) is 7.56. The number of amides is 1. The lowest BCUT2D eigenvalue weighted by atomic mass is 10.0. The van der Waals surface area contributed by atoms with Crippen LogP contribution >= 0.6 is 0 Å². The van der Waals surface area contributed by atoms with Gasteiger partial charge in [0.2, 0.25) is 5.91 Å². The number of rotatable bonds is 3. The van der Waals surface area contributed by atoms with Gasteiger partial charge in [-0.3, -0.25) is 4.79 Å². The Morgan fingerprint density at radius 3 is 2.70 bits per heavy atom. The van der Waals surface area contributed by atoms with Crippen molar-refractivity contribution in [2.24, 2.45) is 23.7 Å². The molecule has 0 heterocycles. The number of nitrogens with two attached hydrogens (primary N) is 1. The first kappa shape index (κ1) is 12.0. The highest BCUT2D eigenvalue weighted by Gasteiger charge is 2.65. The van der Waals surface area contributed by atoms with Crippen LogP contribution in [0.3, 0.4) is 0 Å². The molecule has 0 aliphatic heterocycles. The maximum Gasteiger partial charge on any atom is 0.244 e. The number of carbonyl (C=O) groups is 1. The summed E-state index contributed by atoms with van der Waals surface area (Å²) in [6, 6.07) is 8.02. The van der Waals surface area contributed by atoms with Crippen LogP contribution in [0.4, 0.5) is 5.69 Å². The van der Waals surface area contributed by atoms with Crippen LogP contribution in [0.5, 0.6) is 0 Å². The second-order valence-electron chi connectivity index (χ2n) is 6.53. The molecule has 3 N–H and O–H groups in total. The summed E-state index contributed by atoms with van der Waals surface area (Å²) >= 11 is 0. The zero-order valence-corrected chi connectivity index (χ0v) is 11.5. The van der Waals surface area contributed by atoms with Crippen LogP contribution in [0.25, 0.3) is 6.08 Å². The lowest BCUT2D eigenvalue weighted by molar-refractivity contribution is -0.116. The lowest BCUT2D eigenvalue weighted by Crippen LogP contribution is -2.28. The van der Waals surface area contributed by atoms with Gasteiger partial charge >= 0.3 is 0 Å². The summed E-state index contributed by atoms with van der Waals surface area (Å²) in [4.78, 5) is 12.0. The van der Waals surface area contributed by atoms with Crippen molar-refractivity contribution in [1.29, 1.82) is 0 Å². The Kier molecular flexibility index (Phi) is 2.62. The minimum atomic E-state index is 0.0335. The van der Waals surface area contributed by atoms with Crippen molar-refractivity contribution in [2.75, 3.05) is 5.73 Å². The number of hydrogen-bond donors (Lipinski definition) is 2. The van der Waals surface area contributed by atoms with Crippen LogP contribution in [0.2, 0.25) is 0 Å². The number of benzene rings is 1. The van der Waals surface area contributed by atoms with E-state index >= 15 is 0 Å². The van der Waals surface area contributed by atoms with Crippen LogP contribution in [0.1, 0.15) is 24.8 Å². The number of hydrogen-bond acceptors (Lipinski definition) is 2. The zero-order valence-electron chi connectivity index (χ0n) is 11.5. The molecule has 0 radical (unpaired) electrons. The molecule has 104 valence electrons. The van der Waals surface area contributed by atoms with Gasteiger partial charge in [-0.1, -0.05) is 12.1 Å². The Morgan fingerprint density at radius 1 is 1.25 bits per heavy atom. The molecule has 1 amide bonds. The Hall–Kier alpha value is -1.77. The summed E-state index contributed by atoms with van der Waals surface area (Å²) in [5.74, 6) is 3.41. The lowest BCUT2D eigenvalue weighted by Gasteiger charge is -2.08. The summed E-state index contributed by atoms with van der Waals surface area (Å²) in [5, 5.41) is 3.18. The second kappa shape index (κ2) is 4.37. The molecule has 20 heavy (non-hydrogen) atoms. The van der Waals surface area contributed by atoms with Gasteiger partial charge in [-0.05, 0) is 66.7 Å². The van der Waals surface area contributed by atoms with Gasteiger partial charge in [0, 0.05) is 17.8 Å². The Labute approximate surface area is 119 Å². The summed E-state index contributed by atoms with van der Waals surface area (Å²) in [5.41, 5.74) is 7.41. The molecule has 4 unspecified atom stereocenters. The van der Waals surface area contributed by atoms with E-state index in [1.807, 2.05) is 30.3 Å². The molecule has 4 rings (SSSR count). The third-order valence-corrected chi connectivity index (χ3v) is 5.38. The van der Waals surface area contributed by atoms with Gasteiger partial charge < -0.3 is 11.1 Å². The van der Waals surface area contributed by atoms with Crippen molar-refractivity contribution in [3.8, 4) is 0 Å². The number of fused-ring (bicyclic) bond motifs is 5. The van der Waals surface area contributed by atoms with Crippen LogP contribution in [0.15, 0.2) is 30.3 Å². The maximum absolute atomic E-state index is 12.0. The summed E-state index contributed by atoms with van der Waals surface area (Å²) in [6.07, 6.45) is 7.65. The predicted molar refractivity (Wildman–Crippen MR) is 79.6 cm³/mol. The average Bonchev–Trinajstić information content (AvgIpc) is 2.84. The van der Waals surface area contributed by atoms with E-state index in [1.165, 1.54) is 19.3 Å². The van der Waals surface area contributed by atoms with Gasteiger partial charge in [-0.15, -0.1) is 0 Å². The van der Waals surface area contributed by atoms with Crippen LogP contribution in [0, 0.1) is 23.7 Å². The van der Waals surface area contributed by atoms with Gasteiger partial charge in [0.1, 0.15) is 0 Å². The van der Waals surface area contributed by atoms with Gasteiger partial charge in [0.25, 0.3) is 0 Å². The number of nitrogen functional groups attached to an aromatic ring is 1. The highest BCUT2D eigenvalue weighted by atomic mass is 16.1. The third-order valence-electron chi connectivity index (χ3n) is 5.38. The third kappa shape index (κ3) is 1.92. The summed E-state index contributed by atoms with van der Waals surface area (Å²) < 4.78 is 0. The largest absolute Gasteiger partial charge is 0.399 e. The molecule has 3 aliphatic rings. The van der Waals surface area contributed by atoms with Crippen molar-refractivity contribution in [2.45, 2.75) is 25.3 Å². The molecular formula is C17H20N2O. The topological polar surface area (TPSA) is 55.1 Å². The van der Waals surface area contributed by atoms with Crippen molar-refractivity contribution < 1.29 is 4.79 Å². The Morgan fingerprint density at radius 2 is 2.00 bits per heavy atom. The van der Waals surface area contributed by atoms with Crippen molar-refractivity contribution in [3.63, 3.8) is 0 Å². The minimum Gasteiger partial charge on any atom is -0.399 e. The fourth-order valence-corrected chi connectivity index (χ4v) is 4.57. The van der Waals surface area contributed by atoms with E-state index in [4.69, 9.17) is 5.73 Å². The number of anilines is 1. The number of nitrogens with one attached hydrogen (secondary N) is 1. The highest BCUT2D eigenvalue weighted by Crippen LogP contribution is 2.65. The van der Waals surface area contributed by atoms with Crippen LogP contribution < -0.4 is 11.1 Å². The zero-order chi connectivity index (χ0) is 13.7. The van der Waals surface area contributed by atoms with E-state index in [0.29, 0.717) is 6.04 Å². The monoisotopic (exact) mass is 268 g/mol. The quantitative estimate of drug-likeness (QED) is 0.653. The molecule has 0 spiro atoms. The van der Waals surface area contributed by atoms with Crippen molar-refractivity contribution in [3.05, 3.63) is 35.9 Å². The SMILES string of the molecule is Nc1cccc(/C=C/C(=O)NC2C3C4CCC(C4)C23)c1. The maximum atomic E-state index is 12.0. The van der Waals surface area contributed by atoms with E-state index in [0.717, 1.165) is 34.9 Å². The average molecular weight is 268 g/mol. The van der Waals surface area contributed by atoms with Crippen LogP contribution in [-0.4, -0.2) is 11.9 Å². The molecule has 4 atom stereocenters. The molecule has 0 aromatic heterocycles. The van der Waals surface area contributed by atoms with E-state index in [2.05, 4.69) is 5.32 Å². The predicted octanol–water partition coefficient (Wildman–Crippen LogP) is 2.44. The molecule has 3 heteroatoms. The molecule has 3 fully saturated rings. The highest BCUT2D eigenvalue weighted by molar-refractivity contribution is 5.92. The van der Waals surface area contributed by atoms with Gasteiger partial charge in [-0.25, -0.2) is 0 Å². The number of carbonyl (C=O) groups excluding carboxylic acids is 1. The molecular weight excluding hydrogens is 248 g/mol. The van der Waals surface area contributed by atoms with Crippen molar-refractivity contribution in [1.82, 2.24) is 5.32 Å². The van der Waals surface area contributed by atoms with E-state index in [9.17, 15) is 4.79 Å². The molecule has 3 nitrogen and oxygen atoms in total. The van der Waals surface area contributed by atoms with Crippen LogP contribution in [-0.2, 0) is 4.79 Å². The molecule has 1 aromatic rings. The summed E-state index contributed by atoms with van der Waals surface area (Å²) in [6.45, 7) is 0. The first-order valence-electron chi connectivity index (χ1n) is 7.56.